The third kappa shape index (κ3) is 1.57. The van der Waals surface area contributed by atoms with Gasteiger partial charge in [0.05, 0.1) is 18.5 Å². The van der Waals surface area contributed by atoms with Crippen LogP contribution in [0.25, 0.3) is 0 Å². The highest BCUT2D eigenvalue weighted by Crippen LogP contribution is 2.31. The fraction of sp³-hybridized carbons (Fsp3) is 0.333. The first-order valence-corrected chi connectivity index (χ1v) is 4.83. The van der Waals surface area contributed by atoms with E-state index >= 15 is 0 Å². The quantitative estimate of drug-likeness (QED) is 0.706. The van der Waals surface area contributed by atoms with Gasteiger partial charge in [0.15, 0.2) is 0 Å². The number of rotatable bonds is 2. The van der Waals surface area contributed by atoms with Gasteiger partial charge in [-0.25, -0.2) is 0 Å². The van der Waals surface area contributed by atoms with E-state index in [4.69, 9.17) is 10.5 Å². The minimum atomic E-state index is 0.606. The highest BCUT2D eigenvalue weighted by Gasteiger charge is 2.19. The molecule has 1 aliphatic heterocycles. The standard InChI is InChI=1S/C9H11NOS/c10-8-3-1-2-4-9(8)12-7-5-11-6-7/h1-4,7H,5-6,10H2. The second-order valence-electron chi connectivity index (χ2n) is 2.82. The lowest BCUT2D eigenvalue weighted by molar-refractivity contribution is 0.0455. The van der Waals surface area contributed by atoms with E-state index in [1.807, 2.05) is 18.2 Å². The van der Waals surface area contributed by atoms with Crippen LogP contribution in [0.2, 0.25) is 0 Å². The Bertz CT molecular complexity index is 273. The van der Waals surface area contributed by atoms with Crippen molar-refractivity contribution in [2.45, 2.75) is 10.1 Å². The van der Waals surface area contributed by atoms with Gasteiger partial charge >= 0.3 is 0 Å². The molecule has 0 radical (unpaired) electrons. The SMILES string of the molecule is Nc1ccccc1SC1COC1. The Morgan fingerprint density at radius 1 is 1.33 bits per heavy atom. The molecule has 1 saturated heterocycles. The lowest BCUT2D eigenvalue weighted by Crippen LogP contribution is -2.30. The Balaban J connectivity index is 2.06. The second-order valence-corrected chi connectivity index (χ2v) is 4.16. The van der Waals surface area contributed by atoms with E-state index < -0.39 is 0 Å². The minimum absolute atomic E-state index is 0.606. The topological polar surface area (TPSA) is 35.2 Å². The van der Waals surface area contributed by atoms with E-state index in [1.54, 1.807) is 11.8 Å². The molecule has 1 heterocycles. The minimum Gasteiger partial charge on any atom is -0.398 e. The zero-order chi connectivity index (χ0) is 8.39. The normalized spacial score (nSPS) is 17.3. The first-order valence-electron chi connectivity index (χ1n) is 3.95. The van der Waals surface area contributed by atoms with E-state index in [9.17, 15) is 0 Å². The van der Waals surface area contributed by atoms with Crippen LogP contribution in [-0.4, -0.2) is 18.5 Å². The van der Waals surface area contributed by atoms with Crippen LogP contribution in [0.1, 0.15) is 0 Å². The second kappa shape index (κ2) is 3.37. The lowest BCUT2D eigenvalue weighted by atomic mass is 10.3. The molecule has 3 heteroatoms. The van der Waals surface area contributed by atoms with Crippen molar-refractivity contribution in [2.24, 2.45) is 0 Å². The Hall–Kier alpha value is -0.670. The molecule has 0 bridgehead atoms. The van der Waals surface area contributed by atoms with Gasteiger partial charge in [-0.1, -0.05) is 12.1 Å². The molecular weight excluding hydrogens is 170 g/mol. The molecule has 2 nitrogen and oxygen atoms in total. The molecule has 0 unspecified atom stereocenters. The molecule has 1 aromatic rings. The fourth-order valence-corrected chi connectivity index (χ4v) is 2.10. The van der Waals surface area contributed by atoms with Gasteiger partial charge in [0.25, 0.3) is 0 Å². The molecule has 1 aliphatic rings. The molecule has 12 heavy (non-hydrogen) atoms. The van der Waals surface area contributed by atoms with Crippen molar-refractivity contribution in [3.05, 3.63) is 24.3 Å². The number of hydrogen-bond donors (Lipinski definition) is 1. The maximum atomic E-state index is 5.79. The number of anilines is 1. The van der Waals surface area contributed by atoms with Crippen LogP contribution in [0.4, 0.5) is 5.69 Å². The number of thioether (sulfide) groups is 1. The molecular formula is C9H11NOS. The zero-order valence-electron chi connectivity index (χ0n) is 6.69. The molecule has 2 N–H and O–H groups in total. The highest BCUT2D eigenvalue weighted by atomic mass is 32.2. The molecule has 0 aliphatic carbocycles. The number of para-hydroxylation sites is 1. The average Bonchev–Trinajstić information content (AvgIpc) is 2.00. The van der Waals surface area contributed by atoms with Crippen molar-refractivity contribution in [3.63, 3.8) is 0 Å². The molecule has 64 valence electrons. The maximum absolute atomic E-state index is 5.79. The summed E-state index contributed by atoms with van der Waals surface area (Å²) in [7, 11) is 0. The summed E-state index contributed by atoms with van der Waals surface area (Å²) in [5.74, 6) is 0. The van der Waals surface area contributed by atoms with E-state index in [1.165, 1.54) is 4.90 Å². The summed E-state index contributed by atoms with van der Waals surface area (Å²) in [5, 5.41) is 0.606. The van der Waals surface area contributed by atoms with Gasteiger partial charge in [0.2, 0.25) is 0 Å². The Morgan fingerprint density at radius 2 is 2.08 bits per heavy atom. The average molecular weight is 181 g/mol. The largest absolute Gasteiger partial charge is 0.398 e. The van der Waals surface area contributed by atoms with Gasteiger partial charge in [0.1, 0.15) is 0 Å². The van der Waals surface area contributed by atoms with E-state index in [2.05, 4.69) is 6.07 Å². The number of benzene rings is 1. The van der Waals surface area contributed by atoms with Gasteiger partial charge in [-0.2, -0.15) is 0 Å². The van der Waals surface area contributed by atoms with Gasteiger partial charge in [0, 0.05) is 10.6 Å². The van der Waals surface area contributed by atoms with E-state index in [0.717, 1.165) is 18.9 Å². The molecule has 0 amide bonds. The Morgan fingerprint density at radius 3 is 2.67 bits per heavy atom. The Kier molecular flexibility index (Phi) is 2.23. The van der Waals surface area contributed by atoms with Crippen molar-refractivity contribution in [1.29, 1.82) is 0 Å². The third-order valence-corrected chi connectivity index (χ3v) is 3.05. The highest BCUT2D eigenvalue weighted by molar-refractivity contribution is 8.00. The summed E-state index contributed by atoms with van der Waals surface area (Å²) in [5.41, 5.74) is 6.66. The van der Waals surface area contributed by atoms with Crippen LogP contribution < -0.4 is 5.73 Å². The van der Waals surface area contributed by atoms with Crippen LogP contribution in [-0.2, 0) is 4.74 Å². The van der Waals surface area contributed by atoms with Crippen LogP contribution in [0.15, 0.2) is 29.2 Å². The third-order valence-electron chi connectivity index (χ3n) is 1.82. The predicted octanol–water partition coefficient (Wildman–Crippen LogP) is 1.76. The van der Waals surface area contributed by atoms with Crippen molar-refractivity contribution >= 4 is 17.4 Å². The first kappa shape index (κ1) is 7.95. The molecule has 0 aromatic heterocycles. The summed E-state index contributed by atoms with van der Waals surface area (Å²) >= 11 is 1.81. The zero-order valence-corrected chi connectivity index (χ0v) is 7.51. The lowest BCUT2D eigenvalue weighted by Gasteiger charge is -2.25. The van der Waals surface area contributed by atoms with Crippen molar-refractivity contribution < 1.29 is 4.74 Å². The molecule has 0 spiro atoms. The Labute approximate surface area is 76.1 Å². The number of nitrogen functional groups attached to an aromatic ring is 1. The first-order chi connectivity index (χ1) is 5.86. The van der Waals surface area contributed by atoms with Crippen molar-refractivity contribution in [1.82, 2.24) is 0 Å². The number of nitrogens with two attached hydrogens (primary N) is 1. The monoisotopic (exact) mass is 181 g/mol. The van der Waals surface area contributed by atoms with Gasteiger partial charge in [-0.3, -0.25) is 0 Å². The molecule has 1 aromatic carbocycles. The van der Waals surface area contributed by atoms with Crippen LogP contribution in [0.5, 0.6) is 0 Å². The van der Waals surface area contributed by atoms with Crippen LogP contribution in [0, 0.1) is 0 Å². The predicted molar refractivity (Wildman–Crippen MR) is 51.3 cm³/mol. The molecule has 0 saturated carbocycles. The maximum Gasteiger partial charge on any atom is 0.0611 e. The number of ether oxygens (including phenoxy) is 1. The van der Waals surface area contributed by atoms with Gasteiger partial charge in [-0.15, -0.1) is 11.8 Å². The number of hydrogen-bond acceptors (Lipinski definition) is 3. The molecule has 2 rings (SSSR count). The summed E-state index contributed by atoms with van der Waals surface area (Å²) in [4.78, 5) is 1.17. The molecule has 1 fully saturated rings. The van der Waals surface area contributed by atoms with Crippen molar-refractivity contribution in [3.8, 4) is 0 Å². The van der Waals surface area contributed by atoms with Crippen molar-refractivity contribution in [2.75, 3.05) is 18.9 Å². The summed E-state index contributed by atoms with van der Waals surface area (Å²) < 4.78 is 5.09. The van der Waals surface area contributed by atoms with E-state index in [-0.39, 0.29) is 0 Å². The fourth-order valence-electron chi connectivity index (χ4n) is 1.05. The summed E-state index contributed by atoms with van der Waals surface area (Å²) in [6.45, 7) is 1.72. The molecule has 0 atom stereocenters. The smallest absolute Gasteiger partial charge is 0.0611 e. The van der Waals surface area contributed by atoms with Gasteiger partial charge < -0.3 is 10.5 Å². The van der Waals surface area contributed by atoms with Gasteiger partial charge in [-0.05, 0) is 12.1 Å². The van der Waals surface area contributed by atoms with Crippen LogP contribution >= 0.6 is 11.8 Å². The summed E-state index contributed by atoms with van der Waals surface area (Å²) in [6.07, 6.45) is 0. The van der Waals surface area contributed by atoms with Crippen LogP contribution in [0.3, 0.4) is 0 Å². The summed E-state index contributed by atoms with van der Waals surface area (Å²) in [6, 6.07) is 7.95. The van der Waals surface area contributed by atoms with E-state index in [0.29, 0.717) is 5.25 Å².